The van der Waals surface area contributed by atoms with E-state index in [1.54, 1.807) is 5.56 Å². The van der Waals surface area contributed by atoms with Crippen molar-refractivity contribution in [1.82, 2.24) is 5.32 Å². The minimum Gasteiger partial charge on any atom is -0.316 e. The van der Waals surface area contributed by atoms with Crippen molar-refractivity contribution in [3.05, 3.63) is 34.9 Å². The van der Waals surface area contributed by atoms with Crippen LogP contribution in [0.4, 0.5) is 0 Å². The topological polar surface area (TPSA) is 12.0 Å². The molecule has 1 N–H and O–H groups in total. The lowest BCUT2D eigenvalue weighted by Crippen LogP contribution is -2.48. The van der Waals surface area contributed by atoms with Crippen molar-refractivity contribution in [3.8, 4) is 0 Å². The first-order valence-electron chi connectivity index (χ1n) is 7.39. The highest BCUT2D eigenvalue weighted by Gasteiger charge is 2.44. The van der Waals surface area contributed by atoms with E-state index in [2.05, 4.69) is 51.2 Å². The normalized spacial score (nSPS) is 27.0. The van der Waals surface area contributed by atoms with Crippen LogP contribution in [-0.4, -0.2) is 13.1 Å². The van der Waals surface area contributed by atoms with E-state index in [0.717, 1.165) is 19.0 Å². The molecule has 0 bridgehead atoms. The van der Waals surface area contributed by atoms with Gasteiger partial charge in [-0.05, 0) is 44.7 Å². The smallest absolute Gasteiger partial charge is 0.00832 e. The molecule has 0 unspecified atom stereocenters. The van der Waals surface area contributed by atoms with Gasteiger partial charge in [-0.15, -0.1) is 0 Å². The first-order chi connectivity index (χ1) is 8.59. The van der Waals surface area contributed by atoms with E-state index in [1.165, 1.54) is 30.4 Å². The molecule has 1 nitrogen and oxygen atoms in total. The largest absolute Gasteiger partial charge is 0.316 e. The predicted molar refractivity (Wildman–Crippen MR) is 79.2 cm³/mol. The van der Waals surface area contributed by atoms with E-state index in [9.17, 15) is 0 Å². The quantitative estimate of drug-likeness (QED) is 0.827. The van der Waals surface area contributed by atoms with Crippen molar-refractivity contribution in [2.45, 2.75) is 52.4 Å². The Morgan fingerprint density at radius 3 is 2.22 bits per heavy atom. The molecule has 1 aliphatic rings. The third kappa shape index (κ3) is 2.61. The molecule has 1 aromatic rings. The Bertz CT molecular complexity index is 376. The molecule has 100 valence electrons. The highest BCUT2D eigenvalue weighted by Crippen LogP contribution is 2.49. The van der Waals surface area contributed by atoms with Crippen molar-refractivity contribution in [2.75, 3.05) is 13.1 Å². The Balaban J connectivity index is 2.23. The highest BCUT2D eigenvalue weighted by molar-refractivity contribution is 5.36. The fraction of sp³-hybridized carbons (Fsp3) is 0.647. The van der Waals surface area contributed by atoms with Crippen LogP contribution in [0.15, 0.2) is 18.2 Å². The molecule has 0 atom stereocenters. The average molecular weight is 245 g/mol. The zero-order valence-corrected chi connectivity index (χ0v) is 12.3. The van der Waals surface area contributed by atoms with E-state index in [4.69, 9.17) is 0 Å². The Morgan fingerprint density at radius 2 is 1.72 bits per heavy atom. The van der Waals surface area contributed by atoms with Crippen LogP contribution in [0.25, 0.3) is 0 Å². The molecule has 18 heavy (non-hydrogen) atoms. The van der Waals surface area contributed by atoms with Gasteiger partial charge in [0.1, 0.15) is 0 Å². The minimum absolute atomic E-state index is 0.410. The number of benzene rings is 1. The third-order valence-corrected chi connectivity index (χ3v) is 4.48. The zero-order valence-electron chi connectivity index (χ0n) is 12.3. The van der Waals surface area contributed by atoms with E-state index >= 15 is 0 Å². The summed E-state index contributed by atoms with van der Waals surface area (Å²) < 4.78 is 0. The van der Waals surface area contributed by atoms with Crippen LogP contribution in [0.2, 0.25) is 0 Å². The van der Waals surface area contributed by atoms with Crippen LogP contribution in [0.5, 0.6) is 0 Å². The Morgan fingerprint density at radius 1 is 1.11 bits per heavy atom. The molecule has 0 saturated heterocycles. The maximum atomic E-state index is 3.57. The maximum absolute atomic E-state index is 3.57. The monoisotopic (exact) mass is 245 g/mol. The van der Waals surface area contributed by atoms with E-state index in [1.807, 2.05) is 0 Å². The van der Waals surface area contributed by atoms with Crippen LogP contribution in [0, 0.1) is 19.8 Å². The molecular weight excluding hydrogens is 218 g/mol. The van der Waals surface area contributed by atoms with Gasteiger partial charge in [-0.2, -0.15) is 0 Å². The second kappa shape index (κ2) is 5.44. The lowest BCUT2D eigenvalue weighted by Gasteiger charge is -2.49. The average Bonchev–Trinajstić information content (AvgIpc) is 2.26. The molecule has 0 amide bonds. The van der Waals surface area contributed by atoms with Crippen LogP contribution in [-0.2, 0) is 5.41 Å². The fourth-order valence-electron chi connectivity index (χ4n) is 3.46. The van der Waals surface area contributed by atoms with Gasteiger partial charge < -0.3 is 5.32 Å². The molecular formula is C17H27N. The van der Waals surface area contributed by atoms with Crippen LogP contribution in [0.3, 0.4) is 0 Å². The second-order valence-electron chi connectivity index (χ2n) is 6.12. The summed E-state index contributed by atoms with van der Waals surface area (Å²) in [5.74, 6) is 0.935. The van der Waals surface area contributed by atoms with Gasteiger partial charge in [0.05, 0.1) is 0 Å². The van der Waals surface area contributed by atoms with Gasteiger partial charge in [0.2, 0.25) is 0 Å². The van der Waals surface area contributed by atoms with Gasteiger partial charge in [0, 0.05) is 12.0 Å². The van der Waals surface area contributed by atoms with Crippen LogP contribution < -0.4 is 5.32 Å². The predicted octanol–water partition coefficient (Wildman–Crippen LogP) is 3.97. The van der Waals surface area contributed by atoms with Crippen LogP contribution in [0.1, 0.15) is 49.8 Å². The summed E-state index contributed by atoms with van der Waals surface area (Å²) in [6.45, 7) is 11.2. The molecule has 1 aromatic carbocycles. The lowest BCUT2D eigenvalue weighted by molar-refractivity contribution is 0.134. The lowest BCUT2D eigenvalue weighted by atomic mass is 9.57. The highest BCUT2D eigenvalue weighted by atomic mass is 14.9. The van der Waals surface area contributed by atoms with Crippen molar-refractivity contribution in [2.24, 2.45) is 5.92 Å². The molecule has 1 fully saturated rings. The number of hydrogen-bond acceptors (Lipinski definition) is 1. The number of rotatable bonds is 5. The molecule has 1 aliphatic carbocycles. The van der Waals surface area contributed by atoms with Gasteiger partial charge >= 0.3 is 0 Å². The molecule has 0 heterocycles. The summed E-state index contributed by atoms with van der Waals surface area (Å²) in [6, 6.07) is 7.08. The maximum Gasteiger partial charge on any atom is 0.00832 e. The van der Waals surface area contributed by atoms with Crippen molar-refractivity contribution < 1.29 is 0 Å². The number of hydrogen-bond donors (Lipinski definition) is 1. The van der Waals surface area contributed by atoms with Gasteiger partial charge in [0.25, 0.3) is 0 Å². The molecule has 1 saturated carbocycles. The first-order valence-corrected chi connectivity index (χ1v) is 7.39. The minimum atomic E-state index is 0.410. The summed E-state index contributed by atoms with van der Waals surface area (Å²) in [5.41, 5.74) is 4.78. The Hall–Kier alpha value is -0.820. The van der Waals surface area contributed by atoms with E-state index in [0.29, 0.717) is 5.41 Å². The molecule has 0 spiro atoms. The van der Waals surface area contributed by atoms with E-state index in [-0.39, 0.29) is 0 Å². The summed E-state index contributed by atoms with van der Waals surface area (Å²) in [5, 5.41) is 3.57. The number of aryl methyl sites for hydroxylation is 2. The van der Waals surface area contributed by atoms with Gasteiger partial charge in [-0.25, -0.2) is 0 Å². The fourth-order valence-corrected chi connectivity index (χ4v) is 3.46. The van der Waals surface area contributed by atoms with Crippen molar-refractivity contribution >= 4 is 0 Å². The van der Waals surface area contributed by atoms with Gasteiger partial charge in [-0.3, -0.25) is 0 Å². The van der Waals surface area contributed by atoms with Crippen LogP contribution >= 0.6 is 0 Å². The van der Waals surface area contributed by atoms with Gasteiger partial charge in [-0.1, -0.05) is 49.6 Å². The summed E-state index contributed by atoms with van der Waals surface area (Å²) in [4.78, 5) is 0. The van der Waals surface area contributed by atoms with Crippen molar-refractivity contribution in [3.63, 3.8) is 0 Å². The summed E-state index contributed by atoms with van der Waals surface area (Å²) in [7, 11) is 0. The molecule has 0 aliphatic heterocycles. The van der Waals surface area contributed by atoms with Gasteiger partial charge in [0.15, 0.2) is 0 Å². The van der Waals surface area contributed by atoms with Crippen molar-refractivity contribution in [1.29, 1.82) is 0 Å². The Labute approximate surface area is 112 Å². The molecule has 1 heteroatoms. The first kappa shape index (κ1) is 13.6. The SMILES string of the molecule is CCNCC1(c2cc(C)cc(C)c2)CC(CC)C1. The van der Waals surface area contributed by atoms with E-state index < -0.39 is 0 Å². The molecule has 2 rings (SSSR count). The molecule has 0 aromatic heterocycles. The second-order valence-corrected chi connectivity index (χ2v) is 6.12. The standard InChI is InChI=1S/C17H27N/c1-5-15-10-17(11-15,12-18-6-2)16-8-13(3)7-14(4)9-16/h7-9,15,18H,5-6,10-12H2,1-4H3. The third-order valence-electron chi connectivity index (χ3n) is 4.48. The molecule has 0 radical (unpaired) electrons. The number of likely N-dealkylation sites (N-methyl/N-ethyl adjacent to an activating group) is 1. The Kier molecular flexibility index (Phi) is 4.11. The number of nitrogens with one attached hydrogen (secondary N) is 1. The summed E-state index contributed by atoms with van der Waals surface area (Å²) >= 11 is 0. The summed E-state index contributed by atoms with van der Waals surface area (Å²) in [6.07, 6.45) is 4.05. The zero-order chi connectivity index (χ0) is 13.2.